The summed E-state index contributed by atoms with van der Waals surface area (Å²) in [6.45, 7) is 3.58. The highest BCUT2D eigenvalue weighted by Crippen LogP contribution is 2.39. The van der Waals surface area contributed by atoms with Crippen LogP contribution in [-0.2, 0) is 16.1 Å². The van der Waals surface area contributed by atoms with E-state index in [2.05, 4.69) is 35.0 Å². The average molecular weight is 582 g/mol. The highest BCUT2D eigenvalue weighted by Gasteiger charge is 2.33. The number of hydrogen-bond acceptors (Lipinski definition) is 6. The first-order valence-corrected chi connectivity index (χ1v) is 13.5. The lowest BCUT2D eigenvalue weighted by Crippen LogP contribution is -2.30. The number of aliphatic imine (C=N–C) groups is 1. The van der Waals surface area contributed by atoms with E-state index in [-0.39, 0.29) is 5.91 Å². The molecule has 1 fully saturated rings. The number of aryl methyl sites for hydroxylation is 1. The zero-order valence-corrected chi connectivity index (χ0v) is 23.5. The molecule has 8 heteroatoms. The van der Waals surface area contributed by atoms with Crippen LogP contribution < -0.4 is 9.47 Å². The number of methoxy groups -OCH3 is 2. The molecule has 3 aromatic rings. The zero-order chi connectivity index (χ0) is 26.2. The standard InChI is InChI=1S/C29H29BrN2O4S/c1-20-10-12-21(13-11-20)19-36-26-18-24(30)22(16-25(26)35-3)17-27-28(33)32(14-7-15-34-2)29(37-27)31-23-8-5-4-6-9-23/h4-6,8-13,16-18H,7,14-15,19H2,1-3H3/b27-17-,31-29?. The largest absolute Gasteiger partial charge is 0.493 e. The van der Waals surface area contributed by atoms with E-state index in [0.29, 0.717) is 47.8 Å². The normalized spacial score (nSPS) is 15.6. The number of benzene rings is 3. The van der Waals surface area contributed by atoms with E-state index in [1.807, 2.05) is 60.7 Å². The lowest BCUT2D eigenvalue weighted by Gasteiger charge is -2.15. The van der Waals surface area contributed by atoms with Gasteiger partial charge in [0.25, 0.3) is 5.91 Å². The maximum absolute atomic E-state index is 13.4. The summed E-state index contributed by atoms with van der Waals surface area (Å²) in [6.07, 6.45) is 2.58. The van der Waals surface area contributed by atoms with Gasteiger partial charge in [0.15, 0.2) is 16.7 Å². The fourth-order valence-corrected chi connectivity index (χ4v) is 5.14. The molecule has 1 saturated heterocycles. The van der Waals surface area contributed by atoms with Gasteiger partial charge >= 0.3 is 0 Å². The van der Waals surface area contributed by atoms with Crippen LogP contribution in [0.2, 0.25) is 0 Å². The van der Waals surface area contributed by atoms with Crippen molar-refractivity contribution >= 4 is 50.5 Å². The van der Waals surface area contributed by atoms with Crippen LogP contribution >= 0.6 is 27.7 Å². The Bertz CT molecular complexity index is 1290. The molecule has 192 valence electrons. The molecule has 4 rings (SSSR count). The molecular formula is C29H29BrN2O4S. The molecule has 6 nitrogen and oxygen atoms in total. The number of carbonyl (C=O) groups excluding carboxylic acids is 1. The Labute approximate surface area is 230 Å². The Balaban J connectivity index is 1.59. The molecule has 1 amide bonds. The van der Waals surface area contributed by atoms with E-state index in [0.717, 1.165) is 21.3 Å². The number of amidine groups is 1. The van der Waals surface area contributed by atoms with E-state index in [1.165, 1.54) is 17.3 Å². The van der Waals surface area contributed by atoms with E-state index in [4.69, 9.17) is 19.2 Å². The number of nitrogens with zero attached hydrogens (tertiary/aromatic N) is 2. The van der Waals surface area contributed by atoms with Crippen molar-refractivity contribution in [1.82, 2.24) is 4.90 Å². The van der Waals surface area contributed by atoms with E-state index < -0.39 is 0 Å². The van der Waals surface area contributed by atoms with Crippen LogP contribution in [0.15, 0.2) is 81.1 Å². The molecule has 1 heterocycles. The molecule has 1 aliphatic rings. The second-order valence-corrected chi connectivity index (χ2v) is 10.3. The Morgan fingerprint density at radius 3 is 2.49 bits per heavy atom. The van der Waals surface area contributed by atoms with E-state index in [1.54, 1.807) is 19.1 Å². The van der Waals surface area contributed by atoms with Crippen LogP contribution in [0.5, 0.6) is 11.5 Å². The first-order chi connectivity index (χ1) is 18.0. The lowest BCUT2D eigenvalue weighted by atomic mass is 10.1. The molecule has 0 atom stereocenters. The summed E-state index contributed by atoms with van der Waals surface area (Å²) in [5.41, 5.74) is 3.89. The molecule has 0 bridgehead atoms. The number of para-hydroxylation sites is 1. The predicted molar refractivity (Wildman–Crippen MR) is 154 cm³/mol. The van der Waals surface area contributed by atoms with Crippen molar-refractivity contribution in [3.05, 3.63) is 92.8 Å². The SMILES string of the molecule is COCCCN1C(=O)/C(=C/c2cc(OC)c(OCc3ccc(C)cc3)cc2Br)SC1=Nc1ccccc1. The number of hydrogen-bond donors (Lipinski definition) is 0. The van der Waals surface area contributed by atoms with Crippen molar-refractivity contribution in [3.8, 4) is 11.5 Å². The van der Waals surface area contributed by atoms with Gasteiger partial charge in [-0.3, -0.25) is 9.69 Å². The predicted octanol–water partition coefficient (Wildman–Crippen LogP) is 6.99. The number of carbonyl (C=O) groups is 1. The smallest absolute Gasteiger partial charge is 0.266 e. The molecule has 0 N–H and O–H groups in total. The van der Waals surface area contributed by atoms with Gasteiger partial charge in [0, 0.05) is 24.7 Å². The molecule has 37 heavy (non-hydrogen) atoms. The van der Waals surface area contributed by atoms with Crippen molar-refractivity contribution < 1.29 is 19.0 Å². The minimum absolute atomic E-state index is 0.0821. The fourth-order valence-electron chi connectivity index (χ4n) is 3.69. The van der Waals surface area contributed by atoms with Gasteiger partial charge in [-0.25, -0.2) is 4.99 Å². The molecule has 0 saturated carbocycles. The lowest BCUT2D eigenvalue weighted by molar-refractivity contribution is -0.122. The Morgan fingerprint density at radius 1 is 1.03 bits per heavy atom. The number of ether oxygens (including phenoxy) is 3. The maximum atomic E-state index is 13.4. The van der Waals surface area contributed by atoms with Crippen molar-refractivity contribution in [3.63, 3.8) is 0 Å². The van der Waals surface area contributed by atoms with Crippen LogP contribution in [0.4, 0.5) is 5.69 Å². The number of halogens is 1. The van der Waals surface area contributed by atoms with E-state index in [9.17, 15) is 4.79 Å². The van der Waals surface area contributed by atoms with Crippen LogP contribution in [0.1, 0.15) is 23.1 Å². The van der Waals surface area contributed by atoms with Crippen molar-refractivity contribution in [2.24, 2.45) is 4.99 Å². The summed E-state index contributed by atoms with van der Waals surface area (Å²) < 4.78 is 17.6. The zero-order valence-electron chi connectivity index (χ0n) is 21.1. The molecule has 0 spiro atoms. The average Bonchev–Trinajstić information content (AvgIpc) is 3.19. The molecule has 0 aliphatic carbocycles. The third-order valence-corrected chi connectivity index (χ3v) is 7.38. The minimum atomic E-state index is -0.0821. The summed E-state index contributed by atoms with van der Waals surface area (Å²) in [6, 6.07) is 21.6. The van der Waals surface area contributed by atoms with Gasteiger partial charge in [-0.2, -0.15) is 0 Å². The summed E-state index contributed by atoms with van der Waals surface area (Å²) in [5, 5.41) is 0.652. The topological polar surface area (TPSA) is 60.4 Å². The highest BCUT2D eigenvalue weighted by atomic mass is 79.9. The second kappa shape index (κ2) is 12.9. The highest BCUT2D eigenvalue weighted by molar-refractivity contribution is 9.10. The second-order valence-electron chi connectivity index (χ2n) is 8.44. The van der Waals surface area contributed by atoms with Crippen LogP contribution in [0.25, 0.3) is 6.08 Å². The molecule has 0 aromatic heterocycles. The maximum Gasteiger partial charge on any atom is 0.266 e. The quantitative estimate of drug-likeness (QED) is 0.191. The van der Waals surface area contributed by atoms with Gasteiger partial charge < -0.3 is 14.2 Å². The first-order valence-electron chi connectivity index (χ1n) is 11.9. The van der Waals surface area contributed by atoms with Gasteiger partial charge in [0.1, 0.15) is 6.61 Å². The first kappa shape index (κ1) is 27.0. The van der Waals surface area contributed by atoms with Crippen LogP contribution in [0.3, 0.4) is 0 Å². The molecular weight excluding hydrogens is 552 g/mol. The Kier molecular flexibility index (Phi) is 9.44. The van der Waals surface area contributed by atoms with Crippen molar-refractivity contribution in [2.45, 2.75) is 20.0 Å². The van der Waals surface area contributed by atoms with Crippen molar-refractivity contribution in [2.75, 3.05) is 27.4 Å². The molecule has 1 aliphatic heterocycles. The van der Waals surface area contributed by atoms with E-state index >= 15 is 0 Å². The summed E-state index contributed by atoms with van der Waals surface area (Å²) in [5.74, 6) is 1.13. The monoisotopic (exact) mass is 580 g/mol. The Morgan fingerprint density at radius 2 is 1.78 bits per heavy atom. The molecule has 3 aromatic carbocycles. The molecule has 0 unspecified atom stereocenters. The summed E-state index contributed by atoms with van der Waals surface area (Å²) in [7, 11) is 3.26. The van der Waals surface area contributed by atoms with Gasteiger partial charge in [-0.05, 0) is 66.6 Å². The van der Waals surface area contributed by atoms with Gasteiger partial charge in [0.2, 0.25) is 0 Å². The fraction of sp³-hybridized carbons (Fsp3) is 0.241. The van der Waals surface area contributed by atoms with Gasteiger partial charge in [-0.1, -0.05) is 64.0 Å². The molecule has 0 radical (unpaired) electrons. The number of amides is 1. The van der Waals surface area contributed by atoms with Gasteiger partial charge in [-0.15, -0.1) is 0 Å². The van der Waals surface area contributed by atoms with Crippen LogP contribution in [-0.4, -0.2) is 43.3 Å². The third-order valence-electron chi connectivity index (χ3n) is 5.68. The summed E-state index contributed by atoms with van der Waals surface area (Å²) >= 11 is 5.01. The van der Waals surface area contributed by atoms with Crippen molar-refractivity contribution in [1.29, 1.82) is 0 Å². The Hall–Kier alpha value is -3.07. The third kappa shape index (κ3) is 7.03. The number of thioether (sulfide) groups is 1. The van der Waals surface area contributed by atoms with Gasteiger partial charge in [0.05, 0.1) is 17.7 Å². The number of rotatable bonds is 10. The summed E-state index contributed by atoms with van der Waals surface area (Å²) in [4.78, 5) is 20.4. The minimum Gasteiger partial charge on any atom is -0.493 e. The van der Waals surface area contributed by atoms with Crippen LogP contribution in [0, 0.1) is 6.92 Å².